The van der Waals surface area contributed by atoms with Gasteiger partial charge in [0.25, 0.3) is 0 Å². The summed E-state index contributed by atoms with van der Waals surface area (Å²) in [7, 11) is 0. The number of anilines is 1. The van der Waals surface area contributed by atoms with E-state index in [0.29, 0.717) is 5.82 Å². The highest BCUT2D eigenvalue weighted by Gasteiger charge is 2.31. The maximum atomic E-state index is 11.2. The summed E-state index contributed by atoms with van der Waals surface area (Å²) in [6.45, 7) is 2.13. The number of nitrogens with one attached hydrogen (secondary N) is 1. The predicted molar refractivity (Wildman–Crippen MR) is 57.5 cm³/mol. The molecule has 3 N–H and O–H groups in total. The molecule has 82 valence electrons. The van der Waals surface area contributed by atoms with Crippen LogP contribution >= 0.6 is 0 Å². The number of nitrogen functional groups attached to an aromatic ring is 1. The predicted octanol–water partition coefficient (Wildman–Crippen LogP) is 0.969. The van der Waals surface area contributed by atoms with Crippen LogP contribution in [0.15, 0.2) is 4.79 Å². The van der Waals surface area contributed by atoms with Gasteiger partial charge in [-0.2, -0.15) is 9.97 Å². The molecule has 0 atom stereocenters. The zero-order chi connectivity index (χ0) is 10.9. The first-order valence-electron chi connectivity index (χ1n) is 5.34. The van der Waals surface area contributed by atoms with Crippen LogP contribution in [0.5, 0.6) is 0 Å². The number of rotatable bonds is 1. The number of nitrogens with zero attached hydrogens (tertiary/aromatic N) is 2. The molecule has 1 aromatic heterocycles. The molecule has 0 unspecified atom stereocenters. The summed E-state index contributed by atoms with van der Waals surface area (Å²) in [5.74, 6) is 0.764. The lowest BCUT2D eigenvalue weighted by atomic mass is 9.75. The van der Waals surface area contributed by atoms with Gasteiger partial charge < -0.3 is 5.73 Å². The van der Waals surface area contributed by atoms with Gasteiger partial charge >= 0.3 is 5.69 Å². The van der Waals surface area contributed by atoms with Gasteiger partial charge in [0, 0.05) is 5.41 Å². The molecule has 15 heavy (non-hydrogen) atoms. The summed E-state index contributed by atoms with van der Waals surface area (Å²) >= 11 is 0. The van der Waals surface area contributed by atoms with Crippen molar-refractivity contribution in [3.8, 4) is 0 Å². The van der Waals surface area contributed by atoms with Gasteiger partial charge in [0.2, 0.25) is 5.95 Å². The summed E-state index contributed by atoms with van der Waals surface area (Å²) in [6.07, 6.45) is 5.74. The van der Waals surface area contributed by atoms with Gasteiger partial charge in [0.05, 0.1) is 0 Å². The fraction of sp³-hybridized carbons (Fsp3) is 0.700. The van der Waals surface area contributed by atoms with Crippen LogP contribution in [-0.4, -0.2) is 15.0 Å². The lowest BCUT2D eigenvalue weighted by molar-refractivity contribution is 0.303. The molecule has 0 radical (unpaired) electrons. The van der Waals surface area contributed by atoms with E-state index in [9.17, 15) is 4.79 Å². The molecule has 0 aliphatic heterocycles. The maximum Gasteiger partial charge on any atom is 0.349 e. The van der Waals surface area contributed by atoms with Crippen molar-refractivity contribution in [3.05, 3.63) is 16.3 Å². The molecule has 0 spiro atoms. The van der Waals surface area contributed by atoms with Gasteiger partial charge in [0.15, 0.2) is 0 Å². The first kappa shape index (κ1) is 10.1. The van der Waals surface area contributed by atoms with Gasteiger partial charge in [-0.15, -0.1) is 0 Å². The summed E-state index contributed by atoms with van der Waals surface area (Å²) in [4.78, 5) is 21.6. The van der Waals surface area contributed by atoms with Crippen LogP contribution in [0.1, 0.15) is 44.9 Å². The smallest absolute Gasteiger partial charge is 0.349 e. The van der Waals surface area contributed by atoms with Crippen molar-refractivity contribution in [2.24, 2.45) is 0 Å². The van der Waals surface area contributed by atoms with Crippen molar-refractivity contribution in [2.45, 2.75) is 44.4 Å². The zero-order valence-electron chi connectivity index (χ0n) is 8.92. The summed E-state index contributed by atoms with van der Waals surface area (Å²) in [5.41, 5.74) is 5.05. The molecule has 1 aromatic rings. The Bertz CT molecular complexity index is 406. The fourth-order valence-corrected chi connectivity index (χ4v) is 2.26. The fourth-order valence-electron chi connectivity index (χ4n) is 2.26. The van der Waals surface area contributed by atoms with Crippen molar-refractivity contribution in [2.75, 3.05) is 5.73 Å². The molecule has 2 rings (SSSR count). The molecule has 0 bridgehead atoms. The van der Waals surface area contributed by atoms with E-state index >= 15 is 0 Å². The average Bonchev–Trinajstić information content (AvgIpc) is 2.17. The Balaban J connectivity index is 2.38. The first-order chi connectivity index (χ1) is 7.10. The van der Waals surface area contributed by atoms with Crippen molar-refractivity contribution >= 4 is 5.95 Å². The summed E-state index contributed by atoms with van der Waals surface area (Å²) in [5, 5.41) is 0. The maximum absolute atomic E-state index is 11.2. The van der Waals surface area contributed by atoms with E-state index in [0.717, 1.165) is 12.8 Å². The largest absolute Gasteiger partial charge is 0.368 e. The topological polar surface area (TPSA) is 84.7 Å². The molecular weight excluding hydrogens is 192 g/mol. The second-order valence-electron chi connectivity index (χ2n) is 4.48. The lowest BCUT2D eigenvalue weighted by Gasteiger charge is -2.32. The molecule has 0 amide bonds. The average molecular weight is 208 g/mol. The van der Waals surface area contributed by atoms with Gasteiger partial charge in [-0.25, -0.2) is 4.79 Å². The number of aromatic nitrogens is 3. The number of hydrogen-bond acceptors (Lipinski definition) is 4. The Morgan fingerprint density at radius 2 is 1.93 bits per heavy atom. The quantitative estimate of drug-likeness (QED) is 0.720. The van der Waals surface area contributed by atoms with Gasteiger partial charge in [0.1, 0.15) is 5.82 Å². The van der Waals surface area contributed by atoms with Crippen LogP contribution in [0.2, 0.25) is 0 Å². The van der Waals surface area contributed by atoms with Crippen LogP contribution in [0.4, 0.5) is 5.95 Å². The van der Waals surface area contributed by atoms with Crippen molar-refractivity contribution in [3.63, 3.8) is 0 Å². The molecule has 5 nitrogen and oxygen atoms in total. The van der Waals surface area contributed by atoms with Crippen molar-refractivity contribution in [1.29, 1.82) is 0 Å². The SMILES string of the molecule is CC1(c2nc(N)nc(=O)[nH]2)CCCCC1. The Morgan fingerprint density at radius 3 is 2.53 bits per heavy atom. The highest BCUT2D eigenvalue weighted by Crippen LogP contribution is 2.36. The normalized spacial score (nSPS) is 20.1. The molecule has 1 saturated carbocycles. The van der Waals surface area contributed by atoms with E-state index in [2.05, 4.69) is 21.9 Å². The Hall–Kier alpha value is -1.39. The third kappa shape index (κ3) is 2.00. The van der Waals surface area contributed by atoms with E-state index in [4.69, 9.17) is 5.73 Å². The molecule has 1 aliphatic rings. The van der Waals surface area contributed by atoms with Crippen LogP contribution in [-0.2, 0) is 5.41 Å². The minimum absolute atomic E-state index is 0.0333. The highest BCUT2D eigenvalue weighted by molar-refractivity contribution is 5.17. The Kier molecular flexibility index (Phi) is 2.46. The molecule has 1 heterocycles. The van der Waals surface area contributed by atoms with Crippen LogP contribution in [0.3, 0.4) is 0 Å². The third-order valence-electron chi connectivity index (χ3n) is 3.20. The molecule has 1 fully saturated rings. The first-order valence-corrected chi connectivity index (χ1v) is 5.34. The van der Waals surface area contributed by atoms with Crippen LogP contribution in [0, 0.1) is 0 Å². The summed E-state index contributed by atoms with van der Waals surface area (Å²) < 4.78 is 0. The highest BCUT2D eigenvalue weighted by atomic mass is 16.1. The lowest BCUT2D eigenvalue weighted by Crippen LogP contribution is -2.31. The van der Waals surface area contributed by atoms with E-state index < -0.39 is 5.69 Å². The minimum Gasteiger partial charge on any atom is -0.368 e. The van der Waals surface area contributed by atoms with E-state index in [-0.39, 0.29) is 11.4 Å². The minimum atomic E-state index is -0.399. The second-order valence-corrected chi connectivity index (χ2v) is 4.48. The Labute approximate surface area is 88.1 Å². The third-order valence-corrected chi connectivity index (χ3v) is 3.20. The summed E-state index contributed by atoms with van der Waals surface area (Å²) in [6, 6.07) is 0. The van der Waals surface area contributed by atoms with Crippen molar-refractivity contribution < 1.29 is 0 Å². The Morgan fingerprint density at radius 1 is 1.27 bits per heavy atom. The molecule has 0 saturated heterocycles. The number of aromatic amines is 1. The molecule has 1 aliphatic carbocycles. The van der Waals surface area contributed by atoms with E-state index in [1.807, 2.05) is 0 Å². The number of hydrogen-bond donors (Lipinski definition) is 2. The number of H-pyrrole nitrogens is 1. The molecular formula is C10H16N4O. The van der Waals surface area contributed by atoms with Crippen molar-refractivity contribution in [1.82, 2.24) is 15.0 Å². The van der Waals surface area contributed by atoms with E-state index in [1.54, 1.807) is 0 Å². The monoisotopic (exact) mass is 208 g/mol. The molecule has 5 heteroatoms. The molecule has 0 aromatic carbocycles. The number of nitrogens with two attached hydrogens (primary N) is 1. The van der Waals surface area contributed by atoms with Crippen LogP contribution in [0.25, 0.3) is 0 Å². The van der Waals surface area contributed by atoms with E-state index in [1.165, 1.54) is 19.3 Å². The van der Waals surface area contributed by atoms with Gasteiger partial charge in [-0.3, -0.25) is 4.98 Å². The zero-order valence-corrected chi connectivity index (χ0v) is 8.92. The van der Waals surface area contributed by atoms with Crippen LogP contribution < -0.4 is 11.4 Å². The van der Waals surface area contributed by atoms with Gasteiger partial charge in [-0.05, 0) is 12.8 Å². The standard InChI is InChI=1S/C10H16N4O/c1-10(5-3-2-4-6-10)7-12-8(11)14-9(15)13-7/h2-6H2,1H3,(H3,11,12,13,14,15). The second kappa shape index (κ2) is 3.64. The van der Waals surface area contributed by atoms with Gasteiger partial charge in [-0.1, -0.05) is 26.2 Å².